The highest BCUT2D eigenvalue weighted by Crippen LogP contribution is 2.35. The lowest BCUT2D eigenvalue weighted by Gasteiger charge is -2.35. The maximum Gasteiger partial charge on any atom is 0.264 e. The lowest BCUT2D eigenvalue weighted by atomic mass is 10.0. The molecule has 4 aromatic rings. The molecule has 1 aliphatic heterocycles. The number of rotatable bonds is 4. The molecule has 174 valence electrons. The highest BCUT2D eigenvalue weighted by Gasteiger charge is 2.26. The zero-order valence-corrected chi connectivity index (χ0v) is 19.9. The van der Waals surface area contributed by atoms with Crippen LogP contribution < -0.4 is 4.90 Å². The fourth-order valence-electron chi connectivity index (χ4n) is 4.07. The molecule has 7 nitrogen and oxygen atoms in total. The summed E-state index contributed by atoms with van der Waals surface area (Å²) in [5.74, 6) is 0.0420. The zero-order chi connectivity index (χ0) is 24.4. The molecule has 1 amide bonds. The number of benzene rings is 2. The number of fused-ring (bicyclic) bond motifs is 1. The van der Waals surface area contributed by atoms with Gasteiger partial charge in [0, 0.05) is 58.8 Å². The van der Waals surface area contributed by atoms with E-state index >= 15 is 0 Å². The van der Waals surface area contributed by atoms with Gasteiger partial charge in [-0.2, -0.15) is 5.26 Å². The zero-order valence-electron chi connectivity index (χ0n) is 18.4. The average molecular weight is 505 g/mol. The summed E-state index contributed by atoms with van der Waals surface area (Å²) in [5.41, 5.74) is 3.36. The summed E-state index contributed by atoms with van der Waals surface area (Å²) in [7, 11) is 0. The van der Waals surface area contributed by atoms with Crippen molar-refractivity contribution in [2.45, 2.75) is 0 Å². The van der Waals surface area contributed by atoms with E-state index in [9.17, 15) is 14.4 Å². The van der Waals surface area contributed by atoms with E-state index in [1.54, 1.807) is 53.0 Å². The van der Waals surface area contributed by atoms with Gasteiger partial charge in [0.2, 0.25) is 0 Å². The van der Waals surface area contributed by atoms with Crippen LogP contribution >= 0.6 is 22.9 Å². The molecule has 3 heterocycles. The van der Waals surface area contributed by atoms with Crippen molar-refractivity contribution in [3.63, 3.8) is 0 Å². The Labute approximate surface area is 209 Å². The van der Waals surface area contributed by atoms with E-state index in [0.29, 0.717) is 53.7 Å². The number of aromatic nitrogens is 3. The predicted octanol–water partition coefficient (Wildman–Crippen LogP) is 4.80. The summed E-state index contributed by atoms with van der Waals surface area (Å²) >= 11 is 7.93. The van der Waals surface area contributed by atoms with Gasteiger partial charge in [-0.3, -0.25) is 9.78 Å². The second-order valence-electron chi connectivity index (χ2n) is 7.88. The normalized spacial score (nSPS) is 14.3. The molecule has 0 unspecified atom stereocenters. The summed E-state index contributed by atoms with van der Waals surface area (Å²) in [6, 6.07) is 12.0. The van der Waals surface area contributed by atoms with Crippen molar-refractivity contribution in [3.05, 3.63) is 75.7 Å². The van der Waals surface area contributed by atoms with Gasteiger partial charge in [0.15, 0.2) is 0 Å². The summed E-state index contributed by atoms with van der Waals surface area (Å²) in [6.07, 6.45) is 4.66. The molecule has 0 saturated carbocycles. The van der Waals surface area contributed by atoms with Crippen LogP contribution in [0.25, 0.3) is 28.1 Å². The Morgan fingerprint density at radius 1 is 1.14 bits per heavy atom. The third-order valence-corrected chi connectivity index (χ3v) is 6.86. The molecule has 1 aliphatic rings. The Bertz CT molecular complexity index is 1480. The number of thiazole rings is 1. The lowest BCUT2D eigenvalue weighted by Crippen LogP contribution is -2.49. The molecule has 5 rings (SSSR count). The smallest absolute Gasteiger partial charge is 0.264 e. The molecule has 1 saturated heterocycles. The maximum atomic E-state index is 14.4. The first-order chi connectivity index (χ1) is 17.0. The van der Waals surface area contributed by atoms with Crippen LogP contribution in [0.1, 0.15) is 4.88 Å². The van der Waals surface area contributed by atoms with Crippen molar-refractivity contribution < 1.29 is 9.18 Å². The van der Waals surface area contributed by atoms with Gasteiger partial charge in [-0.25, -0.2) is 14.4 Å². The summed E-state index contributed by atoms with van der Waals surface area (Å²) in [5, 5.41) is 10.6. The molecule has 0 atom stereocenters. The highest BCUT2D eigenvalue weighted by molar-refractivity contribution is 7.10. The van der Waals surface area contributed by atoms with Crippen LogP contribution in [-0.4, -0.2) is 51.9 Å². The van der Waals surface area contributed by atoms with E-state index in [-0.39, 0.29) is 17.3 Å². The highest BCUT2D eigenvalue weighted by atomic mass is 35.5. The molecule has 0 radical (unpaired) electrons. The molecule has 0 N–H and O–H groups in total. The van der Waals surface area contributed by atoms with Gasteiger partial charge < -0.3 is 9.80 Å². The fraction of sp³-hybridized carbons (Fsp3) is 0.160. The Balaban J connectivity index is 1.38. The van der Waals surface area contributed by atoms with Crippen LogP contribution in [-0.2, 0) is 4.79 Å². The van der Waals surface area contributed by atoms with E-state index < -0.39 is 0 Å². The standard InChI is InChI=1S/C25H18ClFN6OS/c26-21-10-20-23(11-19(21)18-3-1-2-4-22(18)27)30-14-31-24(20)32-5-7-33(8-6-32)25(34)16(12-28)9-17-13-29-15-35-17/h1-4,9-11,13-15H,5-8H2/b16-9-. The third kappa shape index (κ3) is 4.58. The Morgan fingerprint density at radius 2 is 1.94 bits per heavy atom. The van der Waals surface area contributed by atoms with Gasteiger partial charge in [0.1, 0.15) is 29.6 Å². The van der Waals surface area contributed by atoms with Gasteiger partial charge in [-0.1, -0.05) is 29.8 Å². The minimum atomic E-state index is -0.357. The summed E-state index contributed by atoms with van der Waals surface area (Å²) in [4.78, 5) is 30.2. The maximum absolute atomic E-state index is 14.4. The number of amides is 1. The number of anilines is 1. The van der Waals surface area contributed by atoms with Crippen LogP contribution in [0.4, 0.5) is 10.2 Å². The lowest BCUT2D eigenvalue weighted by molar-refractivity contribution is -0.126. The monoisotopic (exact) mass is 504 g/mol. The number of nitriles is 1. The summed E-state index contributed by atoms with van der Waals surface area (Å²) in [6.45, 7) is 1.94. The van der Waals surface area contributed by atoms with Crippen LogP contribution in [0.5, 0.6) is 0 Å². The molecule has 0 spiro atoms. The number of nitrogens with zero attached hydrogens (tertiary/aromatic N) is 6. The van der Waals surface area contributed by atoms with Gasteiger partial charge in [0.05, 0.1) is 11.0 Å². The molecule has 0 bridgehead atoms. The van der Waals surface area contributed by atoms with Crippen molar-refractivity contribution in [3.8, 4) is 17.2 Å². The number of carbonyl (C=O) groups excluding carboxylic acids is 1. The van der Waals surface area contributed by atoms with Crippen LogP contribution in [0.3, 0.4) is 0 Å². The second-order valence-corrected chi connectivity index (χ2v) is 9.20. The van der Waals surface area contributed by atoms with Crippen molar-refractivity contribution in [1.82, 2.24) is 19.9 Å². The molecule has 35 heavy (non-hydrogen) atoms. The Hall–Kier alpha value is -3.87. The molecule has 0 aliphatic carbocycles. The van der Waals surface area contributed by atoms with Gasteiger partial charge in [-0.15, -0.1) is 11.3 Å². The number of carbonyl (C=O) groups is 1. The van der Waals surface area contributed by atoms with Gasteiger partial charge >= 0.3 is 0 Å². The Kier molecular flexibility index (Phi) is 6.40. The SMILES string of the molecule is N#C/C(=C/c1cncs1)C(=O)N1CCN(c2ncnc3cc(-c4ccccc4F)c(Cl)cc23)CC1. The van der Waals surface area contributed by atoms with E-state index in [1.807, 2.05) is 6.07 Å². The minimum absolute atomic E-state index is 0.0858. The Morgan fingerprint density at radius 3 is 2.66 bits per heavy atom. The number of halogens is 2. The average Bonchev–Trinajstić information content (AvgIpc) is 3.40. The second kappa shape index (κ2) is 9.78. The molecular formula is C25H18ClFN6OS. The fourth-order valence-corrected chi connectivity index (χ4v) is 4.89. The van der Waals surface area contributed by atoms with Crippen LogP contribution in [0.2, 0.25) is 5.02 Å². The molecule has 2 aromatic carbocycles. The van der Waals surface area contributed by atoms with E-state index in [2.05, 4.69) is 19.9 Å². The number of hydrogen-bond acceptors (Lipinski definition) is 7. The molecule has 1 fully saturated rings. The third-order valence-electron chi connectivity index (χ3n) is 5.82. The van der Waals surface area contributed by atoms with Crippen LogP contribution in [0.15, 0.2) is 60.0 Å². The van der Waals surface area contributed by atoms with Crippen molar-refractivity contribution >= 4 is 51.6 Å². The molecule has 2 aromatic heterocycles. The minimum Gasteiger partial charge on any atom is -0.352 e. The topological polar surface area (TPSA) is 86.0 Å². The van der Waals surface area contributed by atoms with Crippen LogP contribution in [0, 0.1) is 17.1 Å². The van der Waals surface area contributed by atoms with Crippen molar-refractivity contribution in [2.75, 3.05) is 31.1 Å². The van der Waals surface area contributed by atoms with Gasteiger partial charge in [-0.05, 0) is 24.3 Å². The molecular weight excluding hydrogens is 487 g/mol. The van der Waals surface area contributed by atoms with E-state index in [4.69, 9.17) is 11.6 Å². The number of hydrogen-bond donors (Lipinski definition) is 0. The van der Waals surface area contributed by atoms with E-state index in [0.717, 1.165) is 10.3 Å². The van der Waals surface area contributed by atoms with Crippen molar-refractivity contribution in [1.29, 1.82) is 5.26 Å². The number of piperazine rings is 1. The van der Waals surface area contributed by atoms with Gasteiger partial charge in [0.25, 0.3) is 5.91 Å². The first-order valence-electron chi connectivity index (χ1n) is 10.8. The first kappa shape index (κ1) is 22.9. The summed E-state index contributed by atoms with van der Waals surface area (Å²) < 4.78 is 14.4. The first-order valence-corrected chi connectivity index (χ1v) is 12.0. The van der Waals surface area contributed by atoms with Crippen molar-refractivity contribution in [2.24, 2.45) is 0 Å². The quantitative estimate of drug-likeness (QED) is 0.293. The largest absolute Gasteiger partial charge is 0.352 e. The van der Waals surface area contributed by atoms with E-state index in [1.165, 1.54) is 23.7 Å². The molecule has 10 heteroatoms. The predicted molar refractivity (Wildman–Crippen MR) is 134 cm³/mol.